The van der Waals surface area contributed by atoms with E-state index in [4.69, 9.17) is 9.47 Å². The Hall–Kier alpha value is -2.34. The standard InChI is InChI=1S/C15H19N3O3/c1-10(11-5-4-6-12(19)7-11)16-8-13-14(20-2)17-9-18-15(13)21-3/h4-7,9-10,16,19H,8H2,1-3H3. The SMILES string of the molecule is COc1ncnc(OC)c1CNC(C)c1cccc(O)c1. The van der Waals surface area contributed by atoms with Gasteiger partial charge in [0, 0.05) is 12.6 Å². The van der Waals surface area contributed by atoms with Crippen molar-refractivity contribution >= 4 is 0 Å². The van der Waals surface area contributed by atoms with Crippen molar-refractivity contribution in [2.75, 3.05) is 14.2 Å². The Balaban J connectivity index is 2.12. The summed E-state index contributed by atoms with van der Waals surface area (Å²) in [5.74, 6) is 1.22. The fraction of sp³-hybridized carbons (Fsp3) is 0.333. The molecule has 2 rings (SSSR count). The molecule has 0 spiro atoms. The molecular formula is C15H19N3O3. The summed E-state index contributed by atoms with van der Waals surface area (Å²) in [5.41, 5.74) is 1.75. The van der Waals surface area contributed by atoms with Gasteiger partial charge in [-0.3, -0.25) is 0 Å². The summed E-state index contributed by atoms with van der Waals surface area (Å²) in [4.78, 5) is 8.15. The lowest BCUT2D eigenvalue weighted by atomic mass is 10.1. The van der Waals surface area contributed by atoms with E-state index in [0.717, 1.165) is 11.1 Å². The number of hydrogen-bond acceptors (Lipinski definition) is 6. The summed E-state index contributed by atoms with van der Waals surface area (Å²) < 4.78 is 10.5. The molecule has 0 amide bonds. The van der Waals surface area contributed by atoms with Crippen LogP contribution in [0.5, 0.6) is 17.5 Å². The fourth-order valence-electron chi connectivity index (χ4n) is 2.05. The van der Waals surface area contributed by atoms with Crippen molar-refractivity contribution < 1.29 is 14.6 Å². The number of phenols is 1. The highest BCUT2D eigenvalue weighted by Crippen LogP contribution is 2.24. The monoisotopic (exact) mass is 289 g/mol. The number of hydrogen-bond donors (Lipinski definition) is 2. The van der Waals surface area contributed by atoms with Crippen LogP contribution < -0.4 is 14.8 Å². The molecule has 1 aromatic carbocycles. The molecule has 1 atom stereocenters. The van der Waals surface area contributed by atoms with Gasteiger partial charge in [-0.05, 0) is 24.6 Å². The molecule has 6 nitrogen and oxygen atoms in total. The zero-order valence-electron chi connectivity index (χ0n) is 12.3. The molecule has 0 bridgehead atoms. The molecule has 0 saturated heterocycles. The number of nitrogens with one attached hydrogen (secondary N) is 1. The zero-order chi connectivity index (χ0) is 15.2. The Kier molecular flexibility index (Phi) is 4.94. The van der Waals surface area contributed by atoms with Gasteiger partial charge in [-0.25, -0.2) is 9.97 Å². The van der Waals surface area contributed by atoms with E-state index >= 15 is 0 Å². The first-order chi connectivity index (χ1) is 10.2. The Labute approximate surface area is 123 Å². The van der Waals surface area contributed by atoms with E-state index in [2.05, 4.69) is 15.3 Å². The van der Waals surface area contributed by atoms with Crippen molar-refractivity contribution in [3.63, 3.8) is 0 Å². The lowest BCUT2D eigenvalue weighted by Gasteiger charge is -2.16. The molecular weight excluding hydrogens is 270 g/mol. The number of phenolic OH excluding ortho intramolecular Hbond substituents is 1. The van der Waals surface area contributed by atoms with Gasteiger partial charge in [0.05, 0.1) is 19.8 Å². The normalized spacial score (nSPS) is 12.0. The Morgan fingerprint density at radius 2 is 1.86 bits per heavy atom. The summed E-state index contributed by atoms with van der Waals surface area (Å²) in [6.07, 6.45) is 1.40. The Bertz CT molecular complexity index is 582. The van der Waals surface area contributed by atoms with Crippen molar-refractivity contribution in [2.24, 2.45) is 0 Å². The molecule has 21 heavy (non-hydrogen) atoms. The lowest BCUT2D eigenvalue weighted by Crippen LogP contribution is -2.19. The second kappa shape index (κ2) is 6.90. The van der Waals surface area contributed by atoms with Gasteiger partial charge in [0.2, 0.25) is 11.8 Å². The second-order valence-corrected chi connectivity index (χ2v) is 4.57. The van der Waals surface area contributed by atoms with Crippen LogP contribution in [0, 0.1) is 0 Å². The molecule has 0 fully saturated rings. The number of aromatic hydroxyl groups is 1. The number of rotatable bonds is 6. The molecule has 2 N–H and O–H groups in total. The van der Waals surface area contributed by atoms with Crippen molar-refractivity contribution in [3.05, 3.63) is 41.7 Å². The molecule has 112 valence electrons. The molecule has 0 aliphatic carbocycles. The first kappa shape index (κ1) is 15.1. The number of ether oxygens (including phenoxy) is 2. The predicted molar refractivity (Wildman–Crippen MR) is 78.5 cm³/mol. The number of benzene rings is 1. The minimum Gasteiger partial charge on any atom is -0.508 e. The number of aromatic nitrogens is 2. The first-order valence-electron chi connectivity index (χ1n) is 6.60. The van der Waals surface area contributed by atoms with E-state index in [1.165, 1.54) is 6.33 Å². The van der Waals surface area contributed by atoms with Gasteiger partial charge in [-0.2, -0.15) is 0 Å². The molecule has 2 aromatic rings. The van der Waals surface area contributed by atoms with Gasteiger partial charge in [0.15, 0.2) is 0 Å². The third-order valence-electron chi connectivity index (χ3n) is 3.21. The average Bonchev–Trinajstić information content (AvgIpc) is 2.52. The van der Waals surface area contributed by atoms with E-state index in [1.807, 2.05) is 19.1 Å². The van der Waals surface area contributed by atoms with E-state index in [0.29, 0.717) is 18.3 Å². The van der Waals surface area contributed by atoms with E-state index in [-0.39, 0.29) is 11.8 Å². The maximum absolute atomic E-state index is 9.52. The highest BCUT2D eigenvalue weighted by molar-refractivity contribution is 5.35. The molecule has 0 aliphatic rings. The molecule has 1 aromatic heterocycles. The summed E-state index contributed by atoms with van der Waals surface area (Å²) >= 11 is 0. The molecule has 0 aliphatic heterocycles. The molecule has 1 heterocycles. The van der Waals surface area contributed by atoms with Gasteiger partial charge in [0.25, 0.3) is 0 Å². The minimum absolute atomic E-state index is 0.0479. The smallest absolute Gasteiger partial charge is 0.224 e. The van der Waals surface area contributed by atoms with E-state index < -0.39 is 0 Å². The Morgan fingerprint density at radius 3 is 2.43 bits per heavy atom. The minimum atomic E-state index is 0.0479. The van der Waals surface area contributed by atoms with Crippen LogP contribution in [0.1, 0.15) is 24.1 Å². The fourth-order valence-corrected chi connectivity index (χ4v) is 2.05. The van der Waals surface area contributed by atoms with E-state index in [1.54, 1.807) is 26.4 Å². The third kappa shape index (κ3) is 3.61. The molecule has 6 heteroatoms. The quantitative estimate of drug-likeness (QED) is 0.847. The molecule has 0 saturated carbocycles. The summed E-state index contributed by atoms with van der Waals surface area (Å²) in [6, 6.07) is 7.19. The molecule has 0 radical (unpaired) electrons. The second-order valence-electron chi connectivity index (χ2n) is 4.57. The van der Waals surface area contributed by atoms with Crippen LogP contribution in [0.2, 0.25) is 0 Å². The van der Waals surface area contributed by atoms with Crippen LogP contribution in [0.15, 0.2) is 30.6 Å². The van der Waals surface area contributed by atoms with Gasteiger partial charge in [-0.15, -0.1) is 0 Å². The summed E-state index contributed by atoms with van der Waals surface area (Å²) in [5, 5.41) is 12.9. The molecule has 1 unspecified atom stereocenters. The highest BCUT2D eigenvalue weighted by atomic mass is 16.5. The largest absolute Gasteiger partial charge is 0.508 e. The summed E-state index contributed by atoms with van der Waals surface area (Å²) in [6.45, 7) is 2.50. The summed E-state index contributed by atoms with van der Waals surface area (Å²) in [7, 11) is 3.12. The third-order valence-corrected chi connectivity index (χ3v) is 3.21. The Morgan fingerprint density at radius 1 is 1.19 bits per heavy atom. The first-order valence-corrected chi connectivity index (χ1v) is 6.60. The zero-order valence-corrected chi connectivity index (χ0v) is 12.3. The van der Waals surface area contributed by atoms with Crippen LogP contribution in [0.4, 0.5) is 0 Å². The van der Waals surface area contributed by atoms with Gasteiger partial charge >= 0.3 is 0 Å². The number of nitrogens with zero attached hydrogens (tertiary/aromatic N) is 2. The van der Waals surface area contributed by atoms with Crippen LogP contribution in [0.3, 0.4) is 0 Å². The topological polar surface area (TPSA) is 76.5 Å². The van der Waals surface area contributed by atoms with Gasteiger partial charge < -0.3 is 19.9 Å². The van der Waals surface area contributed by atoms with Crippen molar-refractivity contribution in [2.45, 2.75) is 19.5 Å². The van der Waals surface area contributed by atoms with Crippen LogP contribution >= 0.6 is 0 Å². The predicted octanol–water partition coefficient (Wildman–Crippen LogP) is 2.05. The maximum Gasteiger partial charge on any atom is 0.224 e. The van der Waals surface area contributed by atoms with Crippen LogP contribution in [0.25, 0.3) is 0 Å². The maximum atomic E-state index is 9.52. The van der Waals surface area contributed by atoms with Crippen LogP contribution in [-0.2, 0) is 6.54 Å². The lowest BCUT2D eigenvalue weighted by molar-refractivity contribution is 0.357. The van der Waals surface area contributed by atoms with Gasteiger partial charge in [-0.1, -0.05) is 12.1 Å². The van der Waals surface area contributed by atoms with E-state index in [9.17, 15) is 5.11 Å². The average molecular weight is 289 g/mol. The van der Waals surface area contributed by atoms with Crippen molar-refractivity contribution in [1.82, 2.24) is 15.3 Å². The van der Waals surface area contributed by atoms with Gasteiger partial charge in [0.1, 0.15) is 12.1 Å². The highest BCUT2D eigenvalue weighted by Gasteiger charge is 2.14. The van der Waals surface area contributed by atoms with Crippen molar-refractivity contribution in [1.29, 1.82) is 0 Å². The van der Waals surface area contributed by atoms with Crippen LogP contribution in [-0.4, -0.2) is 29.3 Å². The van der Waals surface area contributed by atoms with Crippen molar-refractivity contribution in [3.8, 4) is 17.5 Å². The number of methoxy groups -OCH3 is 2.